The van der Waals surface area contributed by atoms with Crippen molar-refractivity contribution in [3.63, 3.8) is 0 Å². The number of pyridine rings is 1. The highest BCUT2D eigenvalue weighted by atomic mass is 127. The number of aromatic nitrogens is 3. The normalized spacial score (nSPS) is 11.6. The van der Waals surface area contributed by atoms with E-state index >= 15 is 0 Å². The van der Waals surface area contributed by atoms with E-state index in [0.717, 1.165) is 11.1 Å². The molecule has 0 aliphatic carbocycles. The average molecular weight is 560 g/mol. The molecule has 2 N–H and O–H groups in total. The molecule has 0 atom stereocenters. The van der Waals surface area contributed by atoms with Gasteiger partial charge in [-0.25, -0.2) is 9.67 Å². The molecule has 0 unspecified atom stereocenters. The third kappa shape index (κ3) is 7.70. The summed E-state index contributed by atoms with van der Waals surface area (Å²) in [4.78, 5) is 8.45. The molecule has 0 saturated heterocycles. The Balaban J connectivity index is 0.00000363. The molecule has 2 heterocycles. The van der Waals surface area contributed by atoms with E-state index in [-0.39, 0.29) is 36.3 Å². The molecule has 2 aromatic heterocycles. The number of hydrogen-bond acceptors (Lipinski definition) is 4. The zero-order valence-electron chi connectivity index (χ0n) is 17.6. The third-order valence-corrected chi connectivity index (χ3v) is 4.29. The lowest BCUT2D eigenvalue weighted by atomic mass is 10.1. The van der Waals surface area contributed by atoms with Crippen LogP contribution in [-0.2, 0) is 13.1 Å². The van der Waals surface area contributed by atoms with Gasteiger partial charge in [-0.3, -0.25) is 4.99 Å². The SMILES string of the molecule is CN=C(NCc1ccnc(-n2cccn2)c1)NCc1ccc(C)cc1OCC(F)(F)F.I. The molecule has 0 radical (unpaired) electrons. The topological polar surface area (TPSA) is 76.4 Å². The summed E-state index contributed by atoms with van der Waals surface area (Å²) in [7, 11) is 1.62. The number of aryl methyl sites for hydroxylation is 1. The van der Waals surface area contributed by atoms with E-state index in [1.54, 1.807) is 49.4 Å². The fourth-order valence-corrected chi connectivity index (χ4v) is 2.79. The predicted molar refractivity (Wildman–Crippen MR) is 127 cm³/mol. The maximum Gasteiger partial charge on any atom is 0.422 e. The summed E-state index contributed by atoms with van der Waals surface area (Å²) < 4.78 is 44.3. The van der Waals surface area contributed by atoms with E-state index in [9.17, 15) is 13.2 Å². The molecule has 0 aliphatic heterocycles. The maximum absolute atomic E-state index is 12.5. The minimum Gasteiger partial charge on any atom is -0.484 e. The first kappa shape index (κ1) is 25.4. The summed E-state index contributed by atoms with van der Waals surface area (Å²) in [6.07, 6.45) is 0.780. The second-order valence-corrected chi connectivity index (χ2v) is 6.77. The lowest BCUT2D eigenvalue weighted by molar-refractivity contribution is -0.153. The van der Waals surface area contributed by atoms with Gasteiger partial charge in [-0.15, -0.1) is 24.0 Å². The first-order valence-electron chi connectivity index (χ1n) is 9.52. The van der Waals surface area contributed by atoms with Crippen LogP contribution >= 0.6 is 24.0 Å². The van der Waals surface area contributed by atoms with Crippen molar-refractivity contribution in [2.75, 3.05) is 13.7 Å². The monoisotopic (exact) mass is 560 g/mol. The van der Waals surface area contributed by atoms with Crippen LogP contribution in [-0.4, -0.2) is 40.6 Å². The van der Waals surface area contributed by atoms with Crippen LogP contribution in [0.1, 0.15) is 16.7 Å². The van der Waals surface area contributed by atoms with Gasteiger partial charge in [0.05, 0.1) is 0 Å². The Morgan fingerprint density at radius 3 is 2.59 bits per heavy atom. The molecule has 3 aromatic rings. The number of guanidine groups is 1. The molecular weight excluding hydrogens is 536 g/mol. The predicted octanol–water partition coefficient (Wildman–Crippen LogP) is 4.00. The number of halogens is 4. The van der Waals surface area contributed by atoms with Crippen molar-refractivity contribution in [2.45, 2.75) is 26.2 Å². The van der Waals surface area contributed by atoms with Crippen molar-refractivity contribution in [3.8, 4) is 11.6 Å². The molecule has 11 heteroatoms. The second kappa shape index (κ2) is 11.7. The lowest BCUT2D eigenvalue weighted by Gasteiger charge is -2.16. The number of alkyl halides is 3. The molecule has 3 rings (SSSR count). The Hall–Kier alpha value is -2.83. The van der Waals surface area contributed by atoms with Gasteiger partial charge < -0.3 is 15.4 Å². The van der Waals surface area contributed by atoms with Crippen LogP contribution in [0.2, 0.25) is 0 Å². The molecule has 172 valence electrons. The zero-order valence-corrected chi connectivity index (χ0v) is 19.9. The van der Waals surface area contributed by atoms with Gasteiger partial charge >= 0.3 is 6.18 Å². The number of ether oxygens (including phenoxy) is 1. The van der Waals surface area contributed by atoms with Crippen LogP contribution in [0.15, 0.2) is 60.0 Å². The largest absolute Gasteiger partial charge is 0.484 e. The van der Waals surface area contributed by atoms with E-state index in [2.05, 4.69) is 25.7 Å². The quantitative estimate of drug-likeness (QED) is 0.260. The average Bonchev–Trinajstić information content (AvgIpc) is 3.28. The molecule has 0 fully saturated rings. The van der Waals surface area contributed by atoms with Gasteiger partial charge in [0.25, 0.3) is 0 Å². The van der Waals surface area contributed by atoms with Crippen molar-refractivity contribution in [1.82, 2.24) is 25.4 Å². The van der Waals surface area contributed by atoms with Crippen LogP contribution in [0.3, 0.4) is 0 Å². The number of nitrogens with one attached hydrogen (secondary N) is 2. The second-order valence-electron chi connectivity index (χ2n) is 6.77. The Bertz CT molecular complexity index is 1020. The number of nitrogens with zero attached hydrogens (tertiary/aromatic N) is 4. The standard InChI is InChI=1S/C21H23F3N6O.HI/c1-15-4-5-17(18(10-15)31-14-21(22,23)24)13-28-20(25-2)27-12-16-6-8-26-19(11-16)30-9-3-7-29-30;/h3-11H,12-14H2,1-2H3,(H2,25,27,28);1H. The summed E-state index contributed by atoms with van der Waals surface area (Å²) in [5.41, 5.74) is 2.38. The van der Waals surface area contributed by atoms with Crippen molar-refractivity contribution in [2.24, 2.45) is 4.99 Å². The molecular formula is C21H24F3IN6O. The van der Waals surface area contributed by atoms with E-state index in [4.69, 9.17) is 4.74 Å². The van der Waals surface area contributed by atoms with Crippen molar-refractivity contribution in [1.29, 1.82) is 0 Å². The first-order valence-corrected chi connectivity index (χ1v) is 9.52. The molecule has 7 nitrogen and oxygen atoms in total. The summed E-state index contributed by atoms with van der Waals surface area (Å²) >= 11 is 0. The van der Waals surface area contributed by atoms with Gasteiger partial charge in [0.15, 0.2) is 18.4 Å². The fourth-order valence-electron chi connectivity index (χ4n) is 2.79. The first-order chi connectivity index (χ1) is 14.8. The van der Waals surface area contributed by atoms with E-state index in [1.165, 1.54) is 0 Å². The van der Waals surface area contributed by atoms with Crippen molar-refractivity contribution in [3.05, 3.63) is 71.7 Å². The van der Waals surface area contributed by atoms with Gasteiger partial charge in [0, 0.05) is 44.3 Å². The van der Waals surface area contributed by atoms with E-state index in [0.29, 0.717) is 23.9 Å². The molecule has 0 amide bonds. The van der Waals surface area contributed by atoms with Gasteiger partial charge in [-0.05, 0) is 42.3 Å². The molecule has 0 aliphatic rings. The van der Waals surface area contributed by atoms with Crippen LogP contribution < -0.4 is 15.4 Å². The number of hydrogen-bond donors (Lipinski definition) is 2. The van der Waals surface area contributed by atoms with E-state index in [1.807, 2.05) is 24.3 Å². The van der Waals surface area contributed by atoms with Crippen LogP contribution in [0.25, 0.3) is 5.82 Å². The van der Waals surface area contributed by atoms with Gasteiger partial charge in [-0.1, -0.05) is 12.1 Å². The highest BCUT2D eigenvalue weighted by molar-refractivity contribution is 14.0. The summed E-state index contributed by atoms with van der Waals surface area (Å²) in [6.45, 7) is 1.19. The molecule has 0 saturated carbocycles. The fraction of sp³-hybridized carbons (Fsp3) is 0.286. The van der Waals surface area contributed by atoms with Crippen LogP contribution in [0, 0.1) is 6.92 Å². The van der Waals surface area contributed by atoms with E-state index < -0.39 is 12.8 Å². The smallest absolute Gasteiger partial charge is 0.422 e. The summed E-state index contributed by atoms with van der Waals surface area (Å²) in [5.74, 6) is 1.39. The summed E-state index contributed by atoms with van der Waals surface area (Å²) in [6, 6.07) is 10.7. The molecule has 0 spiro atoms. The minimum atomic E-state index is -4.40. The lowest BCUT2D eigenvalue weighted by Crippen LogP contribution is -2.36. The Morgan fingerprint density at radius 2 is 1.91 bits per heavy atom. The Labute approximate surface area is 201 Å². The maximum atomic E-state index is 12.5. The third-order valence-electron chi connectivity index (χ3n) is 4.29. The molecule has 0 bridgehead atoms. The number of rotatable bonds is 7. The Morgan fingerprint density at radius 1 is 1.12 bits per heavy atom. The highest BCUT2D eigenvalue weighted by Crippen LogP contribution is 2.23. The zero-order chi connectivity index (χ0) is 22.3. The van der Waals surface area contributed by atoms with Gasteiger partial charge in [-0.2, -0.15) is 18.3 Å². The molecule has 1 aromatic carbocycles. The van der Waals surface area contributed by atoms with Gasteiger partial charge in [0.1, 0.15) is 5.75 Å². The number of benzene rings is 1. The molecule has 32 heavy (non-hydrogen) atoms. The summed E-state index contributed by atoms with van der Waals surface area (Å²) in [5, 5.41) is 10.4. The minimum absolute atomic E-state index is 0. The van der Waals surface area contributed by atoms with Gasteiger partial charge in [0.2, 0.25) is 0 Å². The van der Waals surface area contributed by atoms with Crippen molar-refractivity contribution < 1.29 is 17.9 Å². The van der Waals surface area contributed by atoms with Crippen molar-refractivity contribution >= 4 is 29.9 Å². The Kier molecular flexibility index (Phi) is 9.29. The van der Waals surface area contributed by atoms with Crippen LogP contribution in [0.4, 0.5) is 13.2 Å². The van der Waals surface area contributed by atoms with Crippen LogP contribution in [0.5, 0.6) is 5.75 Å². The highest BCUT2D eigenvalue weighted by Gasteiger charge is 2.28. The number of aliphatic imine (C=N–C) groups is 1.